The minimum Gasteiger partial charge on any atom is -0.297 e. The molecule has 0 bridgehead atoms. The third kappa shape index (κ3) is 4.80. The van der Waals surface area contributed by atoms with E-state index < -0.39 is 10.0 Å². The maximum absolute atomic E-state index is 12.8. The summed E-state index contributed by atoms with van der Waals surface area (Å²) in [4.78, 5) is 2.68. The lowest BCUT2D eigenvalue weighted by atomic mass is 10.2. The first kappa shape index (κ1) is 19.1. The fourth-order valence-corrected chi connectivity index (χ4v) is 4.36. The van der Waals surface area contributed by atoms with Crippen molar-refractivity contribution in [3.05, 3.63) is 30.3 Å². The molecule has 0 atom stereocenters. The number of nitrogens with zero attached hydrogens (tertiary/aromatic N) is 2. The largest absolute Gasteiger partial charge is 0.297 e. The Labute approximate surface area is 136 Å². The lowest BCUT2D eigenvalue weighted by Crippen LogP contribution is -2.46. The topological polar surface area (TPSA) is 40.6 Å². The van der Waals surface area contributed by atoms with Crippen molar-refractivity contribution in [3.8, 4) is 0 Å². The summed E-state index contributed by atoms with van der Waals surface area (Å²) in [6.45, 7) is 13.7. The second-order valence-electron chi connectivity index (χ2n) is 6.45. The molecule has 4 nitrogen and oxygen atoms in total. The molecule has 0 N–H and O–H groups in total. The van der Waals surface area contributed by atoms with Gasteiger partial charge in [0.25, 0.3) is 0 Å². The van der Waals surface area contributed by atoms with E-state index in [1.807, 2.05) is 19.9 Å². The van der Waals surface area contributed by atoms with Gasteiger partial charge in [-0.1, -0.05) is 18.2 Å². The maximum Gasteiger partial charge on any atom is 0.243 e. The number of benzene rings is 1. The van der Waals surface area contributed by atoms with Gasteiger partial charge < -0.3 is 0 Å². The fraction of sp³-hybridized carbons (Fsp3) is 0.647. The molecule has 0 spiro atoms. The minimum atomic E-state index is -3.44. The first-order chi connectivity index (χ1) is 10.2. The van der Waals surface area contributed by atoms with E-state index in [0.29, 0.717) is 23.5 Å². The Morgan fingerprint density at radius 2 is 1.32 bits per heavy atom. The summed E-state index contributed by atoms with van der Waals surface area (Å²) in [6.07, 6.45) is 0. The van der Waals surface area contributed by atoms with Gasteiger partial charge in [-0.05, 0) is 53.7 Å². The van der Waals surface area contributed by atoms with Crippen LogP contribution in [0.5, 0.6) is 0 Å². The summed E-state index contributed by atoms with van der Waals surface area (Å²) in [5, 5.41) is 0. The SMILES string of the molecule is CC(C)N(CCN(C(C)C)S(=O)(=O)c1ccccc1)C(C)C. The van der Waals surface area contributed by atoms with E-state index in [0.717, 1.165) is 6.54 Å². The minimum absolute atomic E-state index is 0.0635. The van der Waals surface area contributed by atoms with Crippen molar-refractivity contribution in [2.75, 3.05) is 13.1 Å². The normalized spacial score (nSPS) is 13.0. The molecule has 0 fully saturated rings. The summed E-state index contributed by atoms with van der Waals surface area (Å²) < 4.78 is 27.3. The molecule has 1 aromatic rings. The smallest absolute Gasteiger partial charge is 0.243 e. The average molecular weight is 327 g/mol. The van der Waals surface area contributed by atoms with E-state index in [-0.39, 0.29) is 6.04 Å². The monoisotopic (exact) mass is 326 g/mol. The van der Waals surface area contributed by atoms with Gasteiger partial charge in [-0.3, -0.25) is 4.90 Å². The van der Waals surface area contributed by atoms with Gasteiger partial charge in [0, 0.05) is 31.2 Å². The highest BCUT2D eigenvalue weighted by Crippen LogP contribution is 2.18. The second-order valence-corrected chi connectivity index (χ2v) is 8.34. The summed E-state index contributed by atoms with van der Waals surface area (Å²) >= 11 is 0. The average Bonchev–Trinajstić information content (AvgIpc) is 2.42. The van der Waals surface area contributed by atoms with E-state index in [1.165, 1.54) is 0 Å². The van der Waals surface area contributed by atoms with Gasteiger partial charge in [0.15, 0.2) is 0 Å². The zero-order valence-electron chi connectivity index (χ0n) is 14.7. The molecule has 0 saturated heterocycles. The molecular formula is C17H30N2O2S. The van der Waals surface area contributed by atoms with Crippen LogP contribution in [0.4, 0.5) is 0 Å². The van der Waals surface area contributed by atoms with Crippen LogP contribution in [0, 0.1) is 0 Å². The summed E-state index contributed by atoms with van der Waals surface area (Å²) in [5.74, 6) is 0. The van der Waals surface area contributed by atoms with Crippen LogP contribution in [-0.4, -0.2) is 48.8 Å². The highest BCUT2D eigenvalue weighted by Gasteiger charge is 2.27. The molecule has 1 rings (SSSR count). The molecular weight excluding hydrogens is 296 g/mol. The molecule has 0 aliphatic rings. The Hall–Kier alpha value is -0.910. The predicted octanol–water partition coefficient (Wildman–Crippen LogP) is 3.20. The van der Waals surface area contributed by atoms with Gasteiger partial charge in [-0.15, -0.1) is 0 Å². The van der Waals surface area contributed by atoms with Crippen molar-refractivity contribution in [2.24, 2.45) is 0 Å². The Morgan fingerprint density at radius 3 is 1.73 bits per heavy atom. The Kier molecular flexibility index (Phi) is 7.03. The number of sulfonamides is 1. The lowest BCUT2D eigenvalue weighted by Gasteiger charge is -2.34. The molecule has 0 aromatic heterocycles. The van der Waals surface area contributed by atoms with Crippen molar-refractivity contribution in [2.45, 2.75) is 64.6 Å². The van der Waals surface area contributed by atoms with E-state index in [9.17, 15) is 8.42 Å². The summed E-state index contributed by atoms with van der Waals surface area (Å²) in [5.41, 5.74) is 0. The molecule has 126 valence electrons. The third-order valence-electron chi connectivity index (χ3n) is 3.83. The standard InChI is InChI=1S/C17H30N2O2S/c1-14(2)18(15(3)4)12-13-19(16(5)6)22(20,21)17-10-8-7-9-11-17/h7-11,14-16H,12-13H2,1-6H3. The van der Waals surface area contributed by atoms with Crippen LogP contribution in [0.25, 0.3) is 0 Å². The first-order valence-electron chi connectivity index (χ1n) is 8.00. The number of hydrogen-bond acceptors (Lipinski definition) is 3. The van der Waals surface area contributed by atoms with Crippen LogP contribution < -0.4 is 0 Å². The van der Waals surface area contributed by atoms with Crippen LogP contribution in [-0.2, 0) is 10.0 Å². The molecule has 0 aliphatic heterocycles. The van der Waals surface area contributed by atoms with E-state index >= 15 is 0 Å². The van der Waals surface area contributed by atoms with Gasteiger partial charge in [0.1, 0.15) is 0 Å². The highest BCUT2D eigenvalue weighted by molar-refractivity contribution is 7.89. The third-order valence-corrected chi connectivity index (χ3v) is 5.92. The summed E-state index contributed by atoms with van der Waals surface area (Å²) in [6, 6.07) is 9.41. The first-order valence-corrected chi connectivity index (χ1v) is 9.44. The molecule has 5 heteroatoms. The quantitative estimate of drug-likeness (QED) is 0.736. The van der Waals surface area contributed by atoms with Crippen molar-refractivity contribution in [3.63, 3.8) is 0 Å². The van der Waals surface area contributed by atoms with Gasteiger partial charge in [0.05, 0.1) is 4.90 Å². The molecule has 0 radical (unpaired) electrons. The van der Waals surface area contributed by atoms with Crippen molar-refractivity contribution >= 4 is 10.0 Å². The van der Waals surface area contributed by atoms with Crippen LogP contribution >= 0.6 is 0 Å². The van der Waals surface area contributed by atoms with Gasteiger partial charge in [0.2, 0.25) is 10.0 Å². The van der Waals surface area contributed by atoms with Crippen molar-refractivity contribution in [1.29, 1.82) is 0 Å². The van der Waals surface area contributed by atoms with Crippen molar-refractivity contribution in [1.82, 2.24) is 9.21 Å². The summed E-state index contributed by atoms with van der Waals surface area (Å²) in [7, 11) is -3.44. The molecule has 0 heterocycles. The zero-order chi connectivity index (χ0) is 16.9. The van der Waals surface area contributed by atoms with Gasteiger partial charge in [-0.2, -0.15) is 4.31 Å². The number of hydrogen-bond donors (Lipinski definition) is 0. The molecule has 0 amide bonds. The van der Waals surface area contributed by atoms with E-state index in [1.54, 1.807) is 28.6 Å². The maximum atomic E-state index is 12.8. The number of rotatable bonds is 8. The lowest BCUT2D eigenvalue weighted by molar-refractivity contribution is 0.159. The van der Waals surface area contributed by atoms with Crippen molar-refractivity contribution < 1.29 is 8.42 Å². The Morgan fingerprint density at radius 1 is 0.818 bits per heavy atom. The van der Waals surface area contributed by atoms with Crippen LogP contribution in [0.1, 0.15) is 41.5 Å². The Balaban J connectivity index is 2.95. The van der Waals surface area contributed by atoms with E-state index in [2.05, 4.69) is 32.6 Å². The van der Waals surface area contributed by atoms with Crippen LogP contribution in [0.15, 0.2) is 35.2 Å². The van der Waals surface area contributed by atoms with Crippen LogP contribution in [0.2, 0.25) is 0 Å². The molecule has 22 heavy (non-hydrogen) atoms. The zero-order valence-corrected chi connectivity index (χ0v) is 15.5. The molecule has 0 saturated carbocycles. The Bertz CT molecular complexity index is 531. The molecule has 0 unspecified atom stereocenters. The fourth-order valence-electron chi connectivity index (χ4n) is 2.71. The van der Waals surface area contributed by atoms with Crippen LogP contribution in [0.3, 0.4) is 0 Å². The van der Waals surface area contributed by atoms with Gasteiger partial charge in [-0.25, -0.2) is 8.42 Å². The molecule has 0 aliphatic carbocycles. The van der Waals surface area contributed by atoms with Gasteiger partial charge >= 0.3 is 0 Å². The van der Waals surface area contributed by atoms with E-state index in [4.69, 9.17) is 0 Å². The molecule has 1 aromatic carbocycles. The second kappa shape index (κ2) is 8.09. The predicted molar refractivity (Wildman–Crippen MR) is 92.4 cm³/mol. The highest BCUT2D eigenvalue weighted by atomic mass is 32.2.